The molecular weight excluding hydrogens is 247 g/mol. The molecule has 0 saturated carbocycles. The van der Waals surface area contributed by atoms with Gasteiger partial charge in [-0.3, -0.25) is 0 Å². The summed E-state index contributed by atoms with van der Waals surface area (Å²) in [5, 5.41) is 4.20. The normalized spacial score (nSPS) is 16.8. The number of nitrogens with one attached hydrogen (secondary N) is 1. The maximum atomic E-state index is 12.8. The summed E-state index contributed by atoms with van der Waals surface area (Å²) < 4.78 is 12.8. The van der Waals surface area contributed by atoms with E-state index in [4.69, 9.17) is 0 Å². The van der Waals surface area contributed by atoms with Gasteiger partial charge in [0.1, 0.15) is 5.82 Å². The van der Waals surface area contributed by atoms with Crippen LogP contribution in [0.25, 0.3) is 0 Å². The summed E-state index contributed by atoms with van der Waals surface area (Å²) in [6, 6.07) is 6.71. The number of hydrogen-bond acceptors (Lipinski definition) is 3. The zero-order chi connectivity index (χ0) is 12.8. The number of benzene rings is 1. The van der Waals surface area contributed by atoms with Gasteiger partial charge in [0.05, 0.1) is 0 Å². The molecular formula is C14H21FN2S. The van der Waals surface area contributed by atoms with Crippen molar-refractivity contribution in [3.8, 4) is 0 Å². The van der Waals surface area contributed by atoms with Crippen molar-refractivity contribution in [1.82, 2.24) is 5.32 Å². The maximum absolute atomic E-state index is 12.8. The number of thioether (sulfide) groups is 1. The average Bonchev–Trinajstić information content (AvgIpc) is 2.40. The Balaban J connectivity index is 1.70. The smallest absolute Gasteiger partial charge is 0.123 e. The molecule has 2 rings (SSSR count). The van der Waals surface area contributed by atoms with E-state index in [0.717, 1.165) is 36.3 Å². The third-order valence-electron chi connectivity index (χ3n) is 3.33. The lowest BCUT2D eigenvalue weighted by atomic mass is 10.2. The van der Waals surface area contributed by atoms with Gasteiger partial charge in [-0.1, -0.05) is 0 Å². The minimum absolute atomic E-state index is 0.170. The quantitative estimate of drug-likeness (QED) is 0.884. The van der Waals surface area contributed by atoms with Crippen LogP contribution in [0.1, 0.15) is 12.8 Å². The van der Waals surface area contributed by atoms with Crippen molar-refractivity contribution < 1.29 is 4.39 Å². The molecule has 0 radical (unpaired) electrons. The lowest BCUT2D eigenvalue weighted by Crippen LogP contribution is -2.30. The topological polar surface area (TPSA) is 15.3 Å². The Morgan fingerprint density at radius 3 is 2.61 bits per heavy atom. The van der Waals surface area contributed by atoms with E-state index in [0.29, 0.717) is 0 Å². The van der Waals surface area contributed by atoms with Gasteiger partial charge in [-0.15, -0.1) is 0 Å². The first-order valence-corrected chi connectivity index (χ1v) is 7.59. The summed E-state index contributed by atoms with van der Waals surface area (Å²) in [6.45, 7) is 3.33. The summed E-state index contributed by atoms with van der Waals surface area (Å²) in [4.78, 5) is 2.19. The van der Waals surface area contributed by atoms with Crippen molar-refractivity contribution in [3.05, 3.63) is 30.1 Å². The number of piperidine rings is 1. The fraction of sp³-hybridized carbons (Fsp3) is 0.571. The Bertz CT molecular complexity index is 349. The lowest BCUT2D eigenvalue weighted by molar-refractivity contribution is 0.531. The van der Waals surface area contributed by atoms with Gasteiger partial charge < -0.3 is 10.2 Å². The summed E-state index contributed by atoms with van der Waals surface area (Å²) >= 11 is 2.07. The Kier molecular flexibility index (Phi) is 5.32. The van der Waals surface area contributed by atoms with Crippen LogP contribution in [0, 0.1) is 5.82 Å². The fourth-order valence-electron chi connectivity index (χ4n) is 2.14. The van der Waals surface area contributed by atoms with Crippen LogP contribution in [0.2, 0.25) is 0 Å². The van der Waals surface area contributed by atoms with Crippen LogP contribution in [0.3, 0.4) is 0 Å². The Labute approximate surface area is 113 Å². The molecule has 1 fully saturated rings. The van der Waals surface area contributed by atoms with Crippen molar-refractivity contribution in [1.29, 1.82) is 0 Å². The van der Waals surface area contributed by atoms with E-state index in [9.17, 15) is 4.39 Å². The van der Waals surface area contributed by atoms with Gasteiger partial charge in [-0.2, -0.15) is 11.8 Å². The molecule has 4 heteroatoms. The molecule has 1 aromatic rings. The number of hydrogen-bond donors (Lipinski definition) is 1. The number of nitrogens with zero attached hydrogens (tertiary/aromatic N) is 1. The average molecular weight is 268 g/mol. The van der Waals surface area contributed by atoms with Gasteiger partial charge in [-0.05, 0) is 50.2 Å². The third-order valence-corrected chi connectivity index (χ3v) is 4.69. The standard InChI is InChI=1S/C14H21FN2S/c1-17(13-4-2-12(15)3-5-13)10-11-18-14-6-8-16-9-7-14/h2-5,14,16H,6-11H2,1H3. The molecule has 0 aromatic heterocycles. The molecule has 1 aliphatic heterocycles. The Hall–Kier alpha value is -0.740. The van der Waals surface area contributed by atoms with E-state index in [2.05, 4.69) is 29.0 Å². The highest BCUT2D eigenvalue weighted by Crippen LogP contribution is 2.21. The van der Waals surface area contributed by atoms with Crippen LogP contribution < -0.4 is 10.2 Å². The van der Waals surface area contributed by atoms with Crippen molar-refractivity contribution in [2.75, 3.05) is 37.3 Å². The van der Waals surface area contributed by atoms with Crippen molar-refractivity contribution in [2.24, 2.45) is 0 Å². The van der Waals surface area contributed by atoms with E-state index in [1.807, 2.05) is 12.1 Å². The third kappa shape index (κ3) is 4.18. The predicted octanol–water partition coefficient (Wildman–Crippen LogP) is 2.75. The van der Waals surface area contributed by atoms with E-state index < -0.39 is 0 Å². The van der Waals surface area contributed by atoms with Crippen molar-refractivity contribution in [2.45, 2.75) is 18.1 Å². The minimum Gasteiger partial charge on any atom is -0.374 e. The highest BCUT2D eigenvalue weighted by atomic mass is 32.2. The molecule has 2 nitrogen and oxygen atoms in total. The molecule has 0 amide bonds. The zero-order valence-electron chi connectivity index (χ0n) is 10.9. The van der Waals surface area contributed by atoms with Gasteiger partial charge in [0.25, 0.3) is 0 Å². The van der Waals surface area contributed by atoms with Crippen LogP contribution in [-0.2, 0) is 0 Å². The van der Waals surface area contributed by atoms with Crippen LogP contribution in [-0.4, -0.2) is 37.7 Å². The summed E-state index contributed by atoms with van der Waals surface area (Å²) in [6.07, 6.45) is 2.57. The molecule has 1 heterocycles. The summed E-state index contributed by atoms with van der Waals surface area (Å²) in [7, 11) is 2.07. The highest BCUT2D eigenvalue weighted by molar-refractivity contribution is 7.99. The van der Waals surface area contributed by atoms with Gasteiger partial charge in [0.2, 0.25) is 0 Å². The number of halogens is 1. The minimum atomic E-state index is -0.170. The molecule has 0 bridgehead atoms. The molecule has 18 heavy (non-hydrogen) atoms. The van der Waals surface area contributed by atoms with Gasteiger partial charge in [-0.25, -0.2) is 4.39 Å². The lowest BCUT2D eigenvalue weighted by Gasteiger charge is -2.24. The molecule has 1 N–H and O–H groups in total. The molecule has 0 spiro atoms. The van der Waals surface area contributed by atoms with Crippen LogP contribution >= 0.6 is 11.8 Å². The van der Waals surface area contributed by atoms with Crippen LogP contribution in [0.5, 0.6) is 0 Å². The maximum Gasteiger partial charge on any atom is 0.123 e. The Morgan fingerprint density at radius 1 is 1.28 bits per heavy atom. The van der Waals surface area contributed by atoms with Crippen molar-refractivity contribution in [3.63, 3.8) is 0 Å². The van der Waals surface area contributed by atoms with E-state index in [-0.39, 0.29) is 5.82 Å². The summed E-state index contributed by atoms with van der Waals surface area (Å²) in [5.41, 5.74) is 1.09. The molecule has 1 saturated heterocycles. The second-order valence-electron chi connectivity index (χ2n) is 4.72. The molecule has 0 atom stereocenters. The molecule has 0 unspecified atom stereocenters. The van der Waals surface area contributed by atoms with Gasteiger partial charge in [0.15, 0.2) is 0 Å². The van der Waals surface area contributed by atoms with E-state index in [1.165, 1.54) is 25.0 Å². The first-order valence-electron chi connectivity index (χ1n) is 6.55. The highest BCUT2D eigenvalue weighted by Gasteiger charge is 2.13. The first kappa shape index (κ1) is 13.7. The number of rotatable bonds is 5. The van der Waals surface area contributed by atoms with Gasteiger partial charge in [0, 0.05) is 30.3 Å². The summed E-state index contributed by atoms with van der Waals surface area (Å²) in [5.74, 6) is 0.967. The molecule has 0 aliphatic carbocycles. The van der Waals surface area contributed by atoms with Crippen LogP contribution in [0.15, 0.2) is 24.3 Å². The molecule has 100 valence electrons. The SMILES string of the molecule is CN(CCSC1CCNCC1)c1ccc(F)cc1. The van der Waals surface area contributed by atoms with E-state index in [1.54, 1.807) is 0 Å². The van der Waals surface area contributed by atoms with Crippen molar-refractivity contribution >= 4 is 17.4 Å². The van der Waals surface area contributed by atoms with E-state index >= 15 is 0 Å². The fourth-order valence-corrected chi connectivity index (χ4v) is 3.42. The monoisotopic (exact) mass is 268 g/mol. The predicted molar refractivity (Wildman–Crippen MR) is 78.0 cm³/mol. The van der Waals surface area contributed by atoms with Gasteiger partial charge >= 0.3 is 0 Å². The second kappa shape index (κ2) is 7.00. The zero-order valence-corrected chi connectivity index (χ0v) is 11.7. The molecule has 1 aliphatic rings. The number of anilines is 1. The second-order valence-corrected chi connectivity index (χ2v) is 6.13. The Morgan fingerprint density at radius 2 is 1.94 bits per heavy atom. The van der Waals surface area contributed by atoms with Crippen LogP contribution in [0.4, 0.5) is 10.1 Å². The first-order chi connectivity index (χ1) is 8.75. The molecule has 1 aromatic carbocycles. The largest absolute Gasteiger partial charge is 0.374 e.